The zero-order valence-electron chi connectivity index (χ0n) is 19.3. The Bertz CT molecular complexity index is 1120. The molecule has 0 aliphatic rings. The molecule has 4 rings (SSSR count). The monoisotopic (exact) mass is 615 g/mol. The SMILES string of the molecule is [CH2-]c1ccc(CC)c(OCC)c1-c1ccccn1.[CH2-]c1ccccc1-c1cccc[n+]1[CH2-].[Ir+3]. The molecular weight excluding hydrogens is 585 g/mol. The van der Waals surface area contributed by atoms with E-state index in [9.17, 15) is 0 Å². The fourth-order valence-electron chi connectivity index (χ4n) is 3.54. The van der Waals surface area contributed by atoms with Crippen molar-refractivity contribution in [2.45, 2.75) is 20.3 Å². The van der Waals surface area contributed by atoms with Crippen LogP contribution in [0.5, 0.6) is 5.75 Å². The molecule has 33 heavy (non-hydrogen) atoms. The molecule has 0 spiro atoms. The van der Waals surface area contributed by atoms with Crippen molar-refractivity contribution < 1.29 is 29.4 Å². The molecule has 0 aliphatic heterocycles. The molecule has 2 heterocycles. The predicted octanol–water partition coefficient (Wildman–Crippen LogP) is 6.35. The molecule has 0 bridgehead atoms. The zero-order chi connectivity index (χ0) is 22.9. The molecule has 0 unspecified atom stereocenters. The first kappa shape index (κ1) is 26.1. The molecule has 0 saturated carbocycles. The number of hydrogen-bond donors (Lipinski definition) is 0. The molecule has 2 aromatic heterocycles. The molecular formula is C29H30IrN2O+. The van der Waals surface area contributed by atoms with Crippen LogP contribution >= 0.6 is 0 Å². The van der Waals surface area contributed by atoms with Crippen molar-refractivity contribution in [1.82, 2.24) is 4.98 Å². The molecule has 0 saturated heterocycles. The van der Waals surface area contributed by atoms with Crippen LogP contribution in [0.25, 0.3) is 22.5 Å². The minimum Gasteiger partial charge on any atom is -0.506 e. The van der Waals surface area contributed by atoms with E-state index in [1.807, 2.05) is 78.4 Å². The number of nitrogens with zero attached hydrogens (tertiary/aromatic N) is 2. The Kier molecular flexibility index (Phi) is 10.1. The second-order valence-electron chi connectivity index (χ2n) is 7.30. The largest absolute Gasteiger partial charge is 3.00 e. The quantitative estimate of drug-likeness (QED) is 0.193. The average Bonchev–Trinajstić information content (AvgIpc) is 2.81. The molecule has 3 nitrogen and oxygen atoms in total. The Morgan fingerprint density at radius 2 is 1.58 bits per heavy atom. The van der Waals surface area contributed by atoms with E-state index in [0.29, 0.717) is 6.61 Å². The van der Waals surface area contributed by atoms with Crippen molar-refractivity contribution >= 4 is 0 Å². The maximum absolute atomic E-state index is 5.81. The van der Waals surface area contributed by atoms with E-state index in [-0.39, 0.29) is 20.1 Å². The summed E-state index contributed by atoms with van der Waals surface area (Å²) in [5.41, 5.74) is 7.31. The summed E-state index contributed by atoms with van der Waals surface area (Å²) < 4.78 is 7.67. The van der Waals surface area contributed by atoms with E-state index >= 15 is 0 Å². The van der Waals surface area contributed by atoms with Gasteiger partial charge in [0.25, 0.3) is 0 Å². The van der Waals surface area contributed by atoms with E-state index < -0.39 is 0 Å². The van der Waals surface area contributed by atoms with E-state index in [4.69, 9.17) is 4.74 Å². The van der Waals surface area contributed by atoms with Gasteiger partial charge in [-0.3, -0.25) is 4.98 Å². The maximum Gasteiger partial charge on any atom is 3.00 e. The van der Waals surface area contributed by atoms with Gasteiger partial charge < -0.3 is 9.30 Å². The summed E-state index contributed by atoms with van der Waals surface area (Å²) in [6, 6.07) is 24.1. The third-order valence-corrected chi connectivity index (χ3v) is 5.15. The first-order valence-electron chi connectivity index (χ1n) is 10.8. The minimum absolute atomic E-state index is 0. The van der Waals surface area contributed by atoms with Crippen LogP contribution in [0.1, 0.15) is 30.5 Å². The van der Waals surface area contributed by atoms with E-state index in [1.165, 1.54) is 5.56 Å². The van der Waals surface area contributed by atoms with Gasteiger partial charge in [0.15, 0.2) is 0 Å². The topological polar surface area (TPSA) is 26.0 Å². The Morgan fingerprint density at radius 3 is 2.21 bits per heavy atom. The zero-order valence-corrected chi connectivity index (χ0v) is 21.6. The van der Waals surface area contributed by atoms with Crippen molar-refractivity contribution in [3.63, 3.8) is 0 Å². The van der Waals surface area contributed by atoms with E-state index in [2.05, 4.69) is 44.9 Å². The molecule has 0 amide bonds. The smallest absolute Gasteiger partial charge is 0.506 e. The normalized spacial score (nSPS) is 9.88. The Balaban J connectivity index is 0.000000233. The van der Waals surface area contributed by atoms with E-state index in [0.717, 1.165) is 45.8 Å². The van der Waals surface area contributed by atoms with Gasteiger partial charge in [-0.25, -0.2) is 0 Å². The molecule has 0 aliphatic carbocycles. The summed E-state index contributed by atoms with van der Waals surface area (Å²) in [7, 11) is 3.93. The summed E-state index contributed by atoms with van der Waals surface area (Å²) >= 11 is 0. The summed E-state index contributed by atoms with van der Waals surface area (Å²) in [5, 5.41) is 0. The summed E-state index contributed by atoms with van der Waals surface area (Å²) in [6.07, 6.45) is 4.67. The van der Waals surface area contributed by atoms with Crippen LogP contribution in [0, 0.1) is 20.9 Å². The molecule has 2 aromatic carbocycles. The van der Waals surface area contributed by atoms with E-state index in [1.54, 1.807) is 6.20 Å². The number of rotatable bonds is 5. The van der Waals surface area contributed by atoms with Gasteiger partial charge in [-0.15, -0.1) is 23.8 Å². The molecule has 0 fully saturated rings. The molecule has 0 radical (unpaired) electrons. The van der Waals surface area contributed by atoms with Gasteiger partial charge in [0.2, 0.25) is 0 Å². The van der Waals surface area contributed by atoms with Crippen LogP contribution in [0.15, 0.2) is 85.2 Å². The van der Waals surface area contributed by atoms with Crippen LogP contribution in [0.4, 0.5) is 0 Å². The van der Waals surface area contributed by atoms with Crippen LogP contribution in [-0.2, 0) is 26.5 Å². The number of hydrogen-bond acceptors (Lipinski definition) is 2. The van der Waals surface area contributed by atoms with Crippen molar-refractivity contribution in [3.8, 4) is 28.3 Å². The second-order valence-corrected chi connectivity index (χ2v) is 7.30. The third-order valence-electron chi connectivity index (χ3n) is 5.15. The van der Waals surface area contributed by atoms with Crippen LogP contribution in [-0.4, -0.2) is 11.6 Å². The molecule has 0 atom stereocenters. The first-order valence-corrected chi connectivity index (χ1v) is 10.8. The molecule has 170 valence electrons. The number of aryl methyl sites for hydroxylation is 1. The van der Waals surface area contributed by atoms with Crippen molar-refractivity contribution in [2.75, 3.05) is 6.61 Å². The molecule has 4 aromatic rings. The van der Waals surface area contributed by atoms with Crippen LogP contribution in [0.2, 0.25) is 0 Å². The van der Waals surface area contributed by atoms with Gasteiger partial charge in [-0.05, 0) is 31.0 Å². The van der Waals surface area contributed by atoms with Gasteiger partial charge in [0.05, 0.1) is 24.2 Å². The van der Waals surface area contributed by atoms with Crippen molar-refractivity contribution in [2.24, 2.45) is 0 Å². The standard InChI is InChI=1S/C16H18NO.C13H12N.Ir/c1-4-13-10-9-12(3)15(16(13)18-5-2)14-8-6-7-11-17-14;1-11-7-3-4-8-12(11)13-9-5-6-10-14(13)2;/h6-11H,3-5H2,1-2H3;3-10H,1-2H2;/q2*-1;+3. The van der Waals surface area contributed by atoms with Crippen LogP contribution < -0.4 is 9.30 Å². The van der Waals surface area contributed by atoms with Crippen molar-refractivity contribution in [1.29, 1.82) is 0 Å². The van der Waals surface area contributed by atoms with Gasteiger partial charge >= 0.3 is 20.1 Å². The van der Waals surface area contributed by atoms with Crippen molar-refractivity contribution in [3.05, 3.63) is 123 Å². The van der Waals surface area contributed by atoms with Crippen LogP contribution in [0.3, 0.4) is 0 Å². The fraction of sp³-hybridized carbons (Fsp3) is 0.138. The number of aromatic nitrogens is 2. The molecule has 4 heteroatoms. The Labute approximate surface area is 211 Å². The minimum atomic E-state index is 0. The second kappa shape index (κ2) is 12.7. The predicted molar refractivity (Wildman–Crippen MR) is 132 cm³/mol. The summed E-state index contributed by atoms with van der Waals surface area (Å²) in [4.78, 5) is 4.41. The van der Waals surface area contributed by atoms with Gasteiger partial charge in [-0.1, -0.05) is 42.8 Å². The average molecular weight is 615 g/mol. The Morgan fingerprint density at radius 1 is 0.848 bits per heavy atom. The third kappa shape index (κ3) is 6.41. The van der Waals surface area contributed by atoms with Gasteiger partial charge in [0, 0.05) is 18.9 Å². The maximum atomic E-state index is 5.81. The molecule has 0 N–H and O–H groups in total. The Hall–Kier alpha value is -3.20. The summed E-state index contributed by atoms with van der Waals surface area (Å²) in [5.74, 6) is 0.922. The number of ether oxygens (including phenoxy) is 1. The van der Waals surface area contributed by atoms with Gasteiger partial charge in [-0.2, -0.15) is 37.1 Å². The first-order chi connectivity index (χ1) is 15.6. The number of pyridine rings is 2. The fourth-order valence-corrected chi connectivity index (χ4v) is 3.54. The number of benzene rings is 2. The van der Waals surface area contributed by atoms with Gasteiger partial charge in [0.1, 0.15) is 0 Å². The summed E-state index contributed by atoms with van der Waals surface area (Å²) in [6.45, 7) is 12.9.